The maximum absolute atomic E-state index is 5.30. The van der Waals surface area contributed by atoms with Crippen molar-refractivity contribution in [2.75, 3.05) is 0 Å². The van der Waals surface area contributed by atoms with E-state index < -0.39 is 0 Å². The van der Waals surface area contributed by atoms with Crippen LogP contribution in [0.2, 0.25) is 0 Å². The molecule has 0 saturated heterocycles. The van der Waals surface area contributed by atoms with Crippen molar-refractivity contribution in [3.05, 3.63) is 76.4 Å². The normalized spacial score (nSPS) is 11.2. The van der Waals surface area contributed by atoms with E-state index in [-0.39, 0.29) is 0 Å². The Balaban J connectivity index is 1.53. The number of nitrogens with zero attached hydrogens (tertiary/aromatic N) is 3. The van der Waals surface area contributed by atoms with E-state index in [4.69, 9.17) is 4.52 Å². The summed E-state index contributed by atoms with van der Waals surface area (Å²) in [6, 6.07) is 18.0. The molecule has 5 heteroatoms. The third kappa shape index (κ3) is 3.56. The van der Waals surface area contributed by atoms with Crippen molar-refractivity contribution in [3.8, 4) is 22.6 Å². The van der Waals surface area contributed by atoms with Gasteiger partial charge < -0.3 is 4.52 Å². The smallest absolute Gasteiger partial charge is 0.250 e. The van der Waals surface area contributed by atoms with Crippen LogP contribution < -0.4 is 0 Å². The molecule has 0 saturated carbocycles. The fourth-order valence-corrected chi connectivity index (χ4v) is 3.06. The Morgan fingerprint density at radius 1 is 0.880 bits per heavy atom. The molecular weight excluding hydrogens is 330 g/mol. The predicted octanol–water partition coefficient (Wildman–Crippen LogP) is 5.34. The molecular formula is C20H15N3OS. The van der Waals surface area contributed by atoms with E-state index in [1.807, 2.05) is 73.7 Å². The lowest BCUT2D eigenvalue weighted by molar-refractivity contribution is 0.411. The van der Waals surface area contributed by atoms with Crippen LogP contribution in [0.15, 0.2) is 64.5 Å². The van der Waals surface area contributed by atoms with Crippen LogP contribution in [-0.4, -0.2) is 15.1 Å². The molecule has 0 radical (unpaired) electrons. The van der Waals surface area contributed by atoms with Crippen molar-refractivity contribution in [1.29, 1.82) is 0 Å². The lowest BCUT2D eigenvalue weighted by Crippen LogP contribution is -1.82. The van der Waals surface area contributed by atoms with Gasteiger partial charge in [-0.05, 0) is 18.6 Å². The summed E-state index contributed by atoms with van der Waals surface area (Å²) in [5.74, 6) is 1.06. The van der Waals surface area contributed by atoms with Crippen molar-refractivity contribution in [1.82, 2.24) is 15.1 Å². The quantitative estimate of drug-likeness (QED) is 0.501. The van der Waals surface area contributed by atoms with Gasteiger partial charge in [0.15, 0.2) is 0 Å². The largest absolute Gasteiger partial charge is 0.334 e. The van der Waals surface area contributed by atoms with Crippen molar-refractivity contribution in [2.45, 2.75) is 6.92 Å². The van der Waals surface area contributed by atoms with E-state index in [0.29, 0.717) is 11.7 Å². The molecule has 4 aromatic rings. The van der Waals surface area contributed by atoms with Gasteiger partial charge in [-0.1, -0.05) is 59.8 Å². The van der Waals surface area contributed by atoms with Gasteiger partial charge in [-0.15, -0.1) is 11.3 Å². The molecule has 0 bridgehead atoms. The molecule has 2 aromatic carbocycles. The van der Waals surface area contributed by atoms with Gasteiger partial charge >= 0.3 is 0 Å². The van der Waals surface area contributed by atoms with Crippen LogP contribution in [0.3, 0.4) is 0 Å². The molecule has 0 aliphatic heterocycles. The van der Waals surface area contributed by atoms with E-state index in [2.05, 4.69) is 20.5 Å². The number of benzene rings is 2. The standard InChI is InChI=1S/C20H15N3OS/c1-14-21-18(13-25-14)16-8-10-17(11-9-16)20-22-19(24-23-20)12-7-15-5-3-2-4-6-15/h2-13H,1H3/b12-7+. The highest BCUT2D eigenvalue weighted by Crippen LogP contribution is 2.24. The Kier molecular flexibility index (Phi) is 4.23. The maximum atomic E-state index is 5.30. The van der Waals surface area contributed by atoms with Crippen molar-refractivity contribution < 1.29 is 4.52 Å². The summed E-state index contributed by atoms with van der Waals surface area (Å²) >= 11 is 1.65. The van der Waals surface area contributed by atoms with Crippen LogP contribution in [0.25, 0.3) is 34.8 Å². The van der Waals surface area contributed by atoms with Gasteiger partial charge in [0.25, 0.3) is 5.89 Å². The molecule has 0 aliphatic carbocycles. The van der Waals surface area contributed by atoms with Gasteiger partial charge in [0, 0.05) is 22.6 Å². The van der Waals surface area contributed by atoms with Gasteiger partial charge in [-0.25, -0.2) is 4.98 Å². The van der Waals surface area contributed by atoms with Crippen molar-refractivity contribution in [2.24, 2.45) is 0 Å². The molecule has 2 heterocycles. The fraction of sp³-hybridized carbons (Fsp3) is 0.0500. The number of hydrogen-bond acceptors (Lipinski definition) is 5. The topological polar surface area (TPSA) is 51.8 Å². The molecule has 0 atom stereocenters. The second-order valence-corrected chi connectivity index (χ2v) is 6.59. The predicted molar refractivity (Wildman–Crippen MR) is 101 cm³/mol. The first-order chi connectivity index (χ1) is 12.3. The average Bonchev–Trinajstić information content (AvgIpc) is 3.30. The Hall–Kier alpha value is -3.05. The SMILES string of the molecule is Cc1nc(-c2ccc(-c3noc(/C=C/c4ccccc4)n3)cc2)cs1. The minimum atomic E-state index is 0.484. The number of rotatable bonds is 4. The van der Waals surface area contributed by atoms with Crippen LogP contribution in [0.1, 0.15) is 16.5 Å². The molecule has 0 spiro atoms. The van der Waals surface area contributed by atoms with Gasteiger partial charge in [-0.2, -0.15) is 4.98 Å². The molecule has 4 rings (SSSR count). The molecule has 0 amide bonds. The first kappa shape index (κ1) is 15.5. The first-order valence-corrected chi connectivity index (χ1v) is 8.76. The zero-order valence-corrected chi connectivity index (χ0v) is 14.4. The third-order valence-corrected chi connectivity index (χ3v) is 4.49. The maximum Gasteiger partial charge on any atom is 0.250 e. The van der Waals surface area contributed by atoms with Crippen LogP contribution in [0, 0.1) is 6.92 Å². The highest BCUT2D eigenvalue weighted by Gasteiger charge is 2.08. The van der Waals surface area contributed by atoms with E-state index in [1.54, 1.807) is 11.3 Å². The number of aromatic nitrogens is 3. The molecule has 0 aliphatic rings. The number of hydrogen-bond donors (Lipinski definition) is 0. The third-order valence-electron chi connectivity index (χ3n) is 3.72. The Labute approximate surface area is 149 Å². The Bertz CT molecular complexity index is 1000. The molecule has 122 valence electrons. The van der Waals surface area contributed by atoms with Crippen molar-refractivity contribution in [3.63, 3.8) is 0 Å². The van der Waals surface area contributed by atoms with Gasteiger partial charge in [0.05, 0.1) is 10.7 Å². The van der Waals surface area contributed by atoms with E-state index in [0.717, 1.165) is 27.4 Å². The second-order valence-electron chi connectivity index (χ2n) is 5.53. The zero-order valence-electron chi connectivity index (χ0n) is 13.6. The summed E-state index contributed by atoms with van der Waals surface area (Å²) in [4.78, 5) is 8.92. The summed E-state index contributed by atoms with van der Waals surface area (Å²) < 4.78 is 5.30. The van der Waals surface area contributed by atoms with Crippen LogP contribution in [-0.2, 0) is 0 Å². The molecule has 25 heavy (non-hydrogen) atoms. The van der Waals surface area contributed by atoms with Crippen LogP contribution >= 0.6 is 11.3 Å². The van der Waals surface area contributed by atoms with Gasteiger partial charge in [0.2, 0.25) is 5.82 Å². The van der Waals surface area contributed by atoms with E-state index in [1.165, 1.54) is 0 Å². The van der Waals surface area contributed by atoms with Crippen molar-refractivity contribution >= 4 is 23.5 Å². The summed E-state index contributed by atoms with van der Waals surface area (Å²) in [7, 11) is 0. The summed E-state index contributed by atoms with van der Waals surface area (Å²) in [6.07, 6.45) is 3.77. The highest BCUT2D eigenvalue weighted by molar-refractivity contribution is 7.09. The summed E-state index contributed by atoms with van der Waals surface area (Å²) in [6.45, 7) is 2.01. The second kappa shape index (κ2) is 6.83. The summed E-state index contributed by atoms with van der Waals surface area (Å²) in [5.41, 5.74) is 4.08. The lowest BCUT2D eigenvalue weighted by Gasteiger charge is -1.98. The van der Waals surface area contributed by atoms with E-state index >= 15 is 0 Å². The number of thiazole rings is 1. The van der Waals surface area contributed by atoms with Gasteiger partial charge in [0.1, 0.15) is 0 Å². The zero-order chi connectivity index (χ0) is 17.1. The fourth-order valence-electron chi connectivity index (χ4n) is 2.44. The minimum Gasteiger partial charge on any atom is -0.334 e. The Morgan fingerprint density at radius 3 is 2.36 bits per heavy atom. The lowest BCUT2D eigenvalue weighted by atomic mass is 10.1. The van der Waals surface area contributed by atoms with E-state index in [9.17, 15) is 0 Å². The molecule has 2 aromatic heterocycles. The van der Waals surface area contributed by atoms with Gasteiger partial charge in [-0.3, -0.25) is 0 Å². The molecule has 4 nitrogen and oxygen atoms in total. The highest BCUT2D eigenvalue weighted by atomic mass is 32.1. The Morgan fingerprint density at radius 2 is 1.64 bits per heavy atom. The molecule has 0 N–H and O–H groups in total. The minimum absolute atomic E-state index is 0.484. The van der Waals surface area contributed by atoms with Crippen LogP contribution in [0.4, 0.5) is 0 Å². The number of aryl methyl sites for hydroxylation is 1. The molecule has 0 unspecified atom stereocenters. The van der Waals surface area contributed by atoms with Crippen LogP contribution in [0.5, 0.6) is 0 Å². The monoisotopic (exact) mass is 345 g/mol. The summed E-state index contributed by atoms with van der Waals surface area (Å²) in [5, 5.41) is 7.18. The first-order valence-electron chi connectivity index (χ1n) is 7.88. The average molecular weight is 345 g/mol. The molecule has 0 fully saturated rings.